The standard InChI is InChI=1S/C14H19N3O/c1-3-5-7-13(14-8-6-9-18-14)16-12-10-15-17(4-2)11-12/h3,6,8-11,13,16H,1,4-5,7H2,2H3/t13-/m0/s1. The molecule has 2 aromatic heterocycles. The van der Waals surface area contributed by atoms with Gasteiger partial charge in [0.15, 0.2) is 0 Å². The Morgan fingerprint density at radius 2 is 2.50 bits per heavy atom. The summed E-state index contributed by atoms with van der Waals surface area (Å²) in [6.07, 6.45) is 9.37. The van der Waals surface area contributed by atoms with Crippen molar-refractivity contribution < 1.29 is 4.42 Å². The second-order valence-corrected chi connectivity index (χ2v) is 4.16. The third-order valence-electron chi connectivity index (χ3n) is 2.84. The van der Waals surface area contributed by atoms with Crippen LogP contribution in [0.3, 0.4) is 0 Å². The minimum absolute atomic E-state index is 0.160. The summed E-state index contributed by atoms with van der Waals surface area (Å²) >= 11 is 0. The van der Waals surface area contributed by atoms with Crippen LogP contribution < -0.4 is 5.32 Å². The molecule has 1 N–H and O–H groups in total. The summed E-state index contributed by atoms with van der Waals surface area (Å²) in [5.74, 6) is 0.945. The van der Waals surface area contributed by atoms with E-state index in [0.717, 1.165) is 30.8 Å². The molecular weight excluding hydrogens is 226 g/mol. The van der Waals surface area contributed by atoms with Crippen LogP contribution in [0.2, 0.25) is 0 Å². The average Bonchev–Trinajstić information content (AvgIpc) is 3.05. The summed E-state index contributed by atoms with van der Waals surface area (Å²) in [7, 11) is 0. The molecule has 0 aliphatic heterocycles. The molecule has 0 spiro atoms. The maximum atomic E-state index is 5.47. The van der Waals surface area contributed by atoms with Crippen molar-refractivity contribution in [3.8, 4) is 0 Å². The molecule has 0 bridgehead atoms. The summed E-state index contributed by atoms with van der Waals surface area (Å²) in [5.41, 5.74) is 1.02. The normalized spacial score (nSPS) is 12.3. The second-order valence-electron chi connectivity index (χ2n) is 4.16. The lowest BCUT2D eigenvalue weighted by atomic mass is 10.1. The zero-order valence-corrected chi connectivity index (χ0v) is 10.7. The van der Waals surface area contributed by atoms with Crippen LogP contribution in [-0.4, -0.2) is 9.78 Å². The molecule has 4 heteroatoms. The molecule has 0 unspecified atom stereocenters. The van der Waals surface area contributed by atoms with E-state index in [2.05, 4.69) is 23.9 Å². The predicted molar refractivity (Wildman–Crippen MR) is 72.4 cm³/mol. The number of anilines is 1. The molecule has 1 atom stereocenters. The lowest BCUT2D eigenvalue weighted by Gasteiger charge is -2.15. The zero-order chi connectivity index (χ0) is 12.8. The molecule has 96 valence electrons. The van der Waals surface area contributed by atoms with Gasteiger partial charge < -0.3 is 9.73 Å². The number of nitrogens with zero attached hydrogens (tertiary/aromatic N) is 2. The molecule has 2 rings (SSSR count). The fourth-order valence-corrected chi connectivity index (χ4v) is 1.87. The van der Waals surface area contributed by atoms with Gasteiger partial charge in [-0.2, -0.15) is 5.10 Å². The van der Waals surface area contributed by atoms with Crippen LogP contribution >= 0.6 is 0 Å². The number of hydrogen-bond donors (Lipinski definition) is 1. The van der Waals surface area contributed by atoms with E-state index in [1.807, 2.05) is 35.3 Å². The van der Waals surface area contributed by atoms with Gasteiger partial charge in [-0.05, 0) is 31.9 Å². The van der Waals surface area contributed by atoms with Crippen molar-refractivity contribution >= 4 is 5.69 Å². The van der Waals surface area contributed by atoms with Gasteiger partial charge in [0.2, 0.25) is 0 Å². The molecule has 2 heterocycles. The number of nitrogens with one attached hydrogen (secondary N) is 1. The van der Waals surface area contributed by atoms with E-state index in [9.17, 15) is 0 Å². The maximum Gasteiger partial charge on any atom is 0.125 e. The fraction of sp³-hybridized carbons (Fsp3) is 0.357. The first-order valence-corrected chi connectivity index (χ1v) is 6.26. The number of allylic oxidation sites excluding steroid dienone is 1. The third kappa shape index (κ3) is 3.03. The molecule has 0 aliphatic rings. The van der Waals surface area contributed by atoms with Crippen molar-refractivity contribution in [2.75, 3.05) is 5.32 Å². The highest BCUT2D eigenvalue weighted by molar-refractivity contribution is 5.40. The highest BCUT2D eigenvalue weighted by Gasteiger charge is 2.14. The van der Waals surface area contributed by atoms with Gasteiger partial charge in [-0.3, -0.25) is 4.68 Å². The average molecular weight is 245 g/mol. The van der Waals surface area contributed by atoms with Crippen molar-refractivity contribution in [2.24, 2.45) is 0 Å². The van der Waals surface area contributed by atoms with E-state index >= 15 is 0 Å². The van der Waals surface area contributed by atoms with Crippen molar-refractivity contribution in [3.63, 3.8) is 0 Å². The molecule has 0 fully saturated rings. The van der Waals surface area contributed by atoms with E-state index in [1.165, 1.54) is 0 Å². The topological polar surface area (TPSA) is 43.0 Å². The third-order valence-corrected chi connectivity index (χ3v) is 2.84. The van der Waals surface area contributed by atoms with Gasteiger partial charge in [-0.1, -0.05) is 6.08 Å². The van der Waals surface area contributed by atoms with E-state index < -0.39 is 0 Å². The lowest BCUT2D eigenvalue weighted by molar-refractivity contribution is 0.468. The Bertz CT molecular complexity index is 473. The van der Waals surface area contributed by atoms with Crippen molar-refractivity contribution in [2.45, 2.75) is 32.4 Å². The quantitative estimate of drug-likeness (QED) is 0.758. The van der Waals surface area contributed by atoms with Gasteiger partial charge in [0.1, 0.15) is 5.76 Å². The minimum Gasteiger partial charge on any atom is -0.467 e. The van der Waals surface area contributed by atoms with Crippen LogP contribution in [0.1, 0.15) is 31.6 Å². The van der Waals surface area contributed by atoms with E-state index in [-0.39, 0.29) is 6.04 Å². The van der Waals surface area contributed by atoms with Gasteiger partial charge in [0.05, 0.1) is 24.2 Å². The highest BCUT2D eigenvalue weighted by atomic mass is 16.3. The monoisotopic (exact) mass is 245 g/mol. The Morgan fingerprint density at radius 3 is 3.11 bits per heavy atom. The summed E-state index contributed by atoms with van der Waals surface area (Å²) in [6.45, 7) is 6.71. The van der Waals surface area contributed by atoms with Gasteiger partial charge in [-0.15, -0.1) is 6.58 Å². The van der Waals surface area contributed by atoms with Crippen LogP contribution in [0.4, 0.5) is 5.69 Å². The first-order valence-electron chi connectivity index (χ1n) is 6.26. The number of aromatic nitrogens is 2. The Labute approximate surface area is 107 Å². The van der Waals surface area contributed by atoms with Crippen molar-refractivity contribution in [1.82, 2.24) is 9.78 Å². The van der Waals surface area contributed by atoms with Crippen molar-refractivity contribution in [3.05, 3.63) is 49.2 Å². The molecular formula is C14H19N3O. The molecule has 0 saturated heterocycles. The molecule has 4 nitrogen and oxygen atoms in total. The Balaban J connectivity index is 2.07. The van der Waals surface area contributed by atoms with Crippen LogP contribution in [0, 0.1) is 0 Å². The maximum absolute atomic E-state index is 5.47. The summed E-state index contributed by atoms with van der Waals surface area (Å²) < 4.78 is 7.37. The predicted octanol–water partition coefficient (Wildman–Crippen LogP) is 3.62. The second kappa shape index (κ2) is 6.10. The molecule has 18 heavy (non-hydrogen) atoms. The van der Waals surface area contributed by atoms with E-state index in [1.54, 1.807) is 6.26 Å². The summed E-state index contributed by atoms with van der Waals surface area (Å²) in [5, 5.41) is 7.70. The van der Waals surface area contributed by atoms with Gasteiger partial charge >= 0.3 is 0 Å². The molecule has 0 aromatic carbocycles. The first kappa shape index (κ1) is 12.5. The van der Waals surface area contributed by atoms with Crippen LogP contribution in [-0.2, 0) is 6.54 Å². The van der Waals surface area contributed by atoms with Gasteiger partial charge in [-0.25, -0.2) is 0 Å². The Hall–Kier alpha value is -1.97. The van der Waals surface area contributed by atoms with Crippen molar-refractivity contribution in [1.29, 1.82) is 0 Å². The summed E-state index contributed by atoms with van der Waals surface area (Å²) in [4.78, 5) is 0. The van der Waals surface area contributed by atoms with Crippen LogP contribution in [0.5, 0.6) is 0 Å². The first-order chi connectivity index (χ1) is 8.83. The van der Waals surface area contributed by atoms with Crippen LogP contribution in [0.15, 0.2) is 47.9 Å². The Morgan fingerprint density at radius 1 is 1.61 bits per heavy atom. The lowest BCUT2D eigenvalue weighted by Crippen LogP contribution is -2.09. The summed E-state index contributed by atoms with van der Waals surface area (Å²) in [6, 6.07) is 4.06. The SMILES string of the molecule is C=CCC[C@H](Nc1cnn(CC)c1)c1ccco1. The minimum atomic E-state index is 0.160. The fourth-order valence-electron chi connectivity index (χ4n) is 1.87. The number of aryl methyl sites for hydroxylation is 1. The van der Waals surface area contributed by atoms with Crippen LogP contribution in [0.25, 0.3) is 0 Å². The Kier molecular flexibility index (Phi) is 4.23. The van der Waals surface area contributed by atoms with Gasteiger partial charge in [0, 0.05) is 12.7 Å². The van der Waals surface area contributed by atoms with E-state index in [0.29, 0.717) is 0 Å². The molecule has 0 aliphatic carbocycles. The number of hydrogen-bond acceptors (Lipinski definition) is 3. The largest absolute Gasteiger partial charge is 0.467 e. The smallest absolute Gasteiger partial charge is 0.125 e. The van der Waals surface area contributed by atoms with Gasteiger partial charge in [0.25, 0.3) is 0 Å². The molecule has 0 radical (unpaired) electrons. The number of furan rings is 1. The molecule has 0 amide bonds. The zero-order valence-electron chi connectivity index (χ0n) is 10.7. The highest BCUT2D eigenvalue weighted by Crippen LogP contribution is 2.24. The molecule has 2 aromatic rings. The molecule has 0 saturated carbocycles. The van der Waals surface area contributed by atoms with E-state index in [4.69, 9.17) is 4.42 Å². The number of rotatable bonds is 7.